The predicted molar refractivity (Wildman–Crippen MR) is 88.1 cm³/mol. The third-order valence-corrected chi connectivity index (χ3v) is 2.91. The van der Waals surface area contributed by atoms with Crippen molar-refractivity contribution >= 4 is 6.09 Å². The van der Waals surface area contributed by atoms with Gasteiger partial charge in [-0.1, -0.05) is 47.5 Å². The van der Waals surface area contributed by atoms with Crippen LogP contribution in [0.2, 0.25) is 0 Å². The lowest BCUT2D eigenvalue weighted by molar-refractivity contribution is 0.0234. The Labute approximate surface area is 127 Å². The van der Waals surface area contributed by atoms with Gasteiger partial charge < -0.3 is 9.64 Å². The second kappa shape index (κ2) is 11.0. The molecule has 1 aliphatic rings. The summed E-state index contributed by atoms with van der Waals surface area (Å²) in [4.78, 5) is 13.5. The van der Waals surface area contributed by atoms with E-state index in [0.29, 0.717) is 12.0 Å². The van der Waals surface area contributed by atoms with Gasteiger partial charge in [0.15, 0.2) is 0 Å². The Morgan fingerprint density at radius 3 is 1.85 bits per heavy atom. The first-order valence-corrected chi connectivity index (χ1v) is 8.20. The number of hydrogen-bond donors (Lipinski definition) is 0. The monoisotopic (exact) mass is 287 g/mol. The molecule has 0 saturated carbocycles. The minimum absolute atomic E-state index is 0.172. The molecule has 1 heterocycles. The van der Waals surface area contributed by atoms with Gasteiger partial charge >= 0.3 is 6.09 Å². The van der Waals surface area contributed by atoms with Gasteiger partial charge in [-0.25, -0.2) is 4.79 Å². The van der Waals surface area contributed by atoms with Crippen molar-refractivity contribution in [3.05, 3.63) is 0 Å². The molecule has 0 bridgehead atoms. The van der Waals surface area contributed by atoms with Gasteiger partial charge in [0, 0.05) is 12.6 Å². The van der Waals surface area contributed by atoms with E-state index in [1.165, 1.54) is 12.8 Å². The molecule has 0 aromatic heterocycles. The summed E-state index contributed by atoms with van der Waals surface area (Å²) >= 11 is 0. The van der Waals surface area contributed by atoms with Gasteiger partial charge in [-0.05, 0) is 40.0 Å². The fraction of sp³-hybridized carbons (Fsp3) is 0.941. The van der Waals surface area contributed by atoms with Crippen molar-refractivity contribution in [2.75, 3.05) is 6.54 Å². The molecule has 2 atom stereocenters. The standard InChI is InChI=1S/C11H21NO2.C4H10.C2H6/c1-8-6-9(2)12(7-8)10(13)14-11(3,4)5;1-3-4-2;1-2/h8-9H,6-7H2,1-5H3;3-4H2,1-2H3;1-2H3. The smallest absolute Gasteiger partial charge is 0.410 e. The van der Waals surface area contributed by atoms with E-state index in [0.717, 1.165) is 13.0 Å². The maximum atomic E-state index is 11.7. The van der Waals surface area contributed by atoms with Crippen LogP contribution in [0.25, 0.3) is 0 Å². The fourth-order valence-corrected chi connectivity index (χ4v) is 1.87. The molecule has 1 aliphatic heterocycles. The summed E-state index contributed by atoms with van der Waals surface area (Å²) in [5, 5.41) is 0. The van der Waals surface area contributed by atoms with Crippen molar-refractivity contribution in [3.8, 4) is 0 Å². The molecule has 0 aliphatic carbocycles. The Hall–Kier alpha value is -0.730. The summed E-state index contributed by atoms with van der Waals surface area (Å²) in [6.07, 6.45) is 3.55. The van der Waals surface area contributed by atoms with Gasteiger partial charge in [-0.3, -0.25) is 0 Å². The zero-order valence-electron chi connectivity index (χ0n) is 15.2. The molecule has 122 valence electrons. The lowest BCUT2D eigenvalue weighted by Gasteiger charge is -2.26. The van der Waals surface area contributed by atoms with Crippen molar-refractivity contribution in [1.29, 1.82) is 0 Å². The molecular formula is C17H37NO2. The van der Waals surface area contributed by atoms with Gasteiger partial charge in [0.1, 0.15) is 5.60 Å². The molecule has 20 heavy (non-hydrogen) atoms. The summed E-state index contributed by atoms with van der Waals surface area (Å²) in [5.74, 6) is 0.595. The maximum Gasteiger partial charge on any atom is 0.410 e. The molecule has 3 heteroatoms. The molecule has 0 spiro atoms. The second-order valence-electron chi connectivity index (χ2n) is 6.32. The van der Waals surface area contributed by atoms with Crippen LogP contribution in [0.4, 0.5) is 4.79 Å². The quantitative estimate of drug-likeness (QED) is 0.638. The van der Waals surface area contributed by atoms with Crippen LogP contribution < -0.4 is 0 Å². The van der Waals surface area contributed by atoms with E-state index < -0.39 is 0 Å². The highest BCUT2D eigenvalue weighted by Gasteiger charge is 2.32. The molecule has 1 fully saturated rings. The van der Waals surface area contributed by atoms with E-state index in [1.807, 2.05) is 39.5 Å². The van der Waals surface area contributed by atoms with Crippen LogP contribution in [0.5, 0.6) is 0 Å². The van der Waals surface area contributed by atoms with Crippen LogP contribution in [-0.4, -0.2) is 29.2 Å². The second-order valence-corrected chi connectivity index (χ2v) is 6.32. The highest BCUT2D eigenvalue weighted by molar-refractivity contribution is 5.68. The fourth-order valence-electron chi connectivity index (χ4n) is 1.87. The first-order valence-electron chi connectivity index (χ1n) is 8.20. The molecule has 1 rings (SSSR count). The number of amides is 1. The van der Waals surface area contributed by atoms with Crippen LogP contribution in [-0.2, 0) is 4.74 Å². The van der Waals surface area contributed by atoms with Crippen LogP contribution in [0, 0.1) is 5.92 Å². The van der Waals surface area contributed by atoms with Crippen LogP contribution in [0.15, 0.2) is 0 Å². The van der Waals surface area contributed by atoms with E-state index in [2.05, 4.69) is 27.7 Å². The average Bonchev–Trinajstić information content (AvgIpc) is 2.69. The summed E-state index contributed by atoms with van der Waals surface area (Å²) < 4.78 is 5.33. The van der Waals surface area contributed by atoms with E-state index >= 15 is 0 Å². The zero-order chi connectivity index (χ0) is 16.3. The highest BCUT2D eigenvalue weighted by atomic mass is 16.6. The SMILES string of the molecule is CC.CC1CC(C)N(C(=O)OC(C)(C)C)C1.CCCC. The molecular weight excluding hydrogens is 250 g/mol. The summed E-state index contributed by atoms with van der Waals surface area (Å²) in [7, 11) is 0. The molecule has 2 unspecified atom stereocenters. The number of hydrogen-bond acceptors (Lipinski definition) is 2. The minimum atomic E-state index is -0.386. The summed E-state index contributed by atoms with van der Waals surface area (Å²) in [6, 6.07) is 0.319. The summed E-state index contributed by atoms with van der Waals surface area (Å²) in [6.45, 7) is 19.1. The van der Waals surface area contributed by atoms with Crippen molar-refractivity contribution < 1.29 is 9.53 Å². The van der Waals surface area contributed by atoms with Crippen LogP contribution in [0.1, 0.15) is 81.6 Å². The molecule has 3 nitrogen and oxygen atoms in total. The first-order chi connectivity index (χ1) is 9.21. The normalized spacial score (nSPS) is 21.4. The summed E-state index contributed by atoms with van der Waals surface area (Å²) in [5.41, 5.74) is -0.386. The Kier molecular flexibility index (Phi) is 11.8. The zero-order valence-corrected chi connectivity index (χ0v) is 15.2. The molecule has 1 saturated heterocycles. The molecule has 0 aromatic carbocycles. The van der Waals surface area contributed by atoms with E-state index in [4.69, 9.17) is 4.74 Å². The van der Waals surface area contributed by atoms with Gasteiger partial charge in [0.25, 0.3) is 0 Å². The number of likely N-dealkylation sites (tertiary alicyclic amines) is 1. The maximum absolute atomic E-state index is 11.7. The van der Waals surface area contributed by atoms with Crippen LogP contribution >= 0.6 is 0 Å². The number of ether oxygens (including phenoxy) is 1. The predicted octanol–water partition coefficient (Wildman–Crippen LogP) is 5.48. The van der Waals surface area contributed by atoms with Crippen molar-refractivity contribution in [2.24, 2.45) is 5.92 Å². The Morgan fingerprint density at radius 1 is 1.15 bits per heavy atom. The number of carbonyl (C=O) groups excluding carboxylic acids is 1. The lowest BCUT2D eigenvalue weighted by Crippen LogP contribution is -2.38. The Bertz CT molecular complexity index is 244. The van der Waals surface area contributed by atoms with Gasteiger partial charge in [0.2, 0.25) is 0 Å². The average molecular weight is 287 g/mol. The molecule has 1 amide bonds. The topological polar surface area (TPSA) is 29.5 Å². The molecule has 0 N–H and O–H groups in total. The van der Waals surface area contributed by atoms with Crippen LogP contribution in [0.3, 0.4) is 0 Å². The molecule has 0 radical (unpaired) electrons. The van der Waals surface area contributed by atoms with E-state index in [1.54, 1.807) is 0 Å². The van der Waals surface area contributed by atoms with Crippen molar-refractivity contribution in [3.63, 3.8) is 0 Å². The van der Waals surface area contributed by atoms with Crippen molar-refractivity contribution in [1.82, 2.24) is 4.90 Å². The first kappa shape index (κ1) is 21.6. The number of carbonyl (C=O) groups is 1. The molecule has 0 aromatic rings. The minimum Gasteiger partial charge on any atom is -0.444 e. The van der Waals surface area contributed by atoms with Crippen molar-refractivity contribution in [2.45, 2.75) is 93.2 Å². The van der Waals surface area contributed by atoms with Gasteiger partial charge in [0.05, 0.1) is 0 Å². The highest BCUT2D eigenvalue weighted by Crippen LogP contribution is 2.24. The van der Waals surface area contributed by atoms with E-state index in [9.17, 15) is 4.79 Å². The Morgan fingerprint density at radius 2 is 1.60 bits per heavy atom. The number of unbranched alkanes of at least 4 members (excludes halogenated alkanes) is 1. The Balaban J connectivity index is 0. The van der Waals surface area contributed by atoms with E-state index in [-0.39, 0.29) is 11.7 Å². The third-order valence-electron chi connectivity index (χ3n) is 2.91. The van der Waals surface area contributed by atoms with Gasteiger partial charge in [-0.15, -0.1) is 0 Å². The largest absolute Gasteiger partial charge is 0.444 e. The third kappa shape index (κ3) is 10.1. The van der Waals surface area contributed by atoms with Gasteiger partial charge in [-0.2, -0.15) is 0 Å². The number of rotatable bonds is 1. The lowest BCUT2D eigenvalue weighted by atomic mass is 10.1. The number of nitrogens with zero attached hydrogens (tertiary/aromatic N) is 1.